The van der Waals surface area contributed by atoms with Crippen molar-refractivity contribution in [2.75, 3.05) is 13.7 Å². The van der Waals surface area contributed by atoms with Crippen LogP contribution < -0.4 is 5.69 Å². The molecule has 0 aliphatic heterocycles. The lowest BCUT2D eigenvalue weighted by Crippen LogP contribution is -2.25. The molecule has 0 bridgehead atoms. The van der Waals surface area contributed by atoms with E-state index in [1.807, 2.05) is 6.92 Å². The summed E-state index contributed by atoms with van der Waals surface area (Å²) in [5.41, 5.74) is 1.55. The van der Waals surface area contributed by atoms with Gasteiger partial charge in [-0.25, -0.2) is 13.8 Å². The van der Waals surface area contributed by atoms with Gasteiger partial charge < -0.3 is 4.74 Å². The molecule has 1 aromatic carbocycles. The Labute approximate surface area is 125 Å². The third kappa shape index (κ3) is 2.39. The second kappa shape index (κ2) is 5.69. The topological polar surface area (TPSA) is 61.9 Å². The first-order valence-electron chi connectivity index (χ1n) is 6.82. The maximum absolute atomic E-state index is 13.6. The van der Waals surface area contributed by atoms with Gasteiger partial charge >= 0.3 is 5.69 Å². The molecule has 114 valence electrons. The number of rotatable bonds is 4. The largest absolute Gasteiger partial charge is 0.383 e. The van der Waals surface area contributed by atoms with Crippen LogP contribution in [0.2, 0.25) is 0 Å². The Bertz CT molecular complexity index is 868. The minimum absolute atomic E-state index is 0.296. The number of aromatic nitrogens is 4. The average molecular weight is 302 g/mol. The standard InChI is InChI=1S/C15H15FN4O2/c1-10-3-6-14(18-17-10)20-12-5-4-11(16)9-13(12)19(15(20)21)7-8-22-2/h3-6,9H,7-8H2,1-2H3. The molecular formula is C15H15FN4O2. The van der Waals surface area contributed by atoms with Gasteiger partial charge in [0.15, 0.2) is 5.82 Å². The van der Waals surface area contributed by atoms with E-state index in [1.54, 1.807) is 25.3 Å². The highest BCUT2D eigenvalue weighted by Crippen LogP contribution is 2.17. The van der Waals surface area contributed by atoms with Gasteiger partial charge in [-0.3, -0.25) is 4.57 Å². The fraction of sp³-hybridized carbons (Fsp3) is 0.267. The quantitative estimate of drug-likeness (QED) is 0.735. The third-order valence-corrected chi connectivity index (χ3v) is 3.42. The number of aryl methyl sites for hydroxylation is 1. The Kier molecular flexibility index (Phi) is 3.72. The van der Waals surface area contributed by atoms with Gasteiger partial charge in [0.05, 0.1) is 29.9 Å². The van der Waals surface area contributed by atoms with E-state index < -0.39 is 5.82 Å². The second-order valence-electron chi connectivity index (χ2n) is 4.93. The summed E-state index contributed by atoms with van der Waals surface area (Å²) in [7, 11) is 1.55. The van der Waals surface area contributed by atoms with Crippen LogP contribution in [0, 0.1) is 12.7 Å². The molecule has 0 atom stereocenters. The third-order valence-electron chi connectivity index (χ3n) is 3.42. The van der Waals surface area contributed by atoms with Crippen LogP contribution in [0.5, 0.6) is 0 Å². The Morgan fingerprint density at radius 3 is 2.68 bits per heavy atom. The highest BCUT2D eigenvalue weighted by atomic mass is 19.1. The fourth-order valence-corrected chi connectivity index (χ4v) is 2.36. The second-order valence-corrected chi connectivity index (χ2v) is 4.93. The summed E-state index contributed by atoms with van der Waals surface area (Å²) in [6.45, 7) is 2.51. The van der Waals surface area contributed by atoms with E-state index in [-0.39, 0.29) is 5.69 Å². The van der Waals surface area contributed by atoms with Crippen molar-refractivity contribution in [3.8, 4) is 5.82 Å². The molecule has 0 amide bonds. The maximum atomic E-state index is 13.6. The molecule has 0 aliphatic carbocycles. The molecule has 2 aromatic heterocycles. The van der Waals surface area contributed by atoms with Gasteiger partial charge in [0.2, 0.25) is 0 Å². The number of hydrogen-bond donors (Lipinski definition) is 0. The first kappa shape index (κ1) is 14.4. The molecule has 0 N–H and O–H groups in total. The summed E-state index contributed by atoms with van der Waals surface area (Å²) < 4.78 is 21.5. The highest BCUT2D eigenvalue weighted by Gasteiger charge is 2.16. The number of hydrogen-bond acceptors (Lipinski definition) is 4. The highest BCUT2D eigenvalue weighted by molar-refractivity contribution is 5.77. The number of imidazole rings is 1. The van der Waals surface area contributed by atoms with Crippen LogP contribution in [0.15, 0.2) is 35.1 Å². The Morgan fingerprint density at radius 2 is 2.00 bits per heavy atom. The van der Waals surface area contributed by atoms with Crippen LogP contribution in [0.4, 0.5) is 4.39 Å². The van der Waals surface area contributed by atoms with Gasteiger partial charge in [-0.2, -0.15) is 5.10 Å². The molecule has 2 heterocycles. The van der Waals surface area contributed by atoms with Crippen molar-refractivity contribution in [1.82, 2.24) is 19.3 Å². The molecule has 0 fully saturated rings. The van der Waals surface area contributed by atoms with Crippen molar-refractivity contribution in [2.45, 2.75) is 13.5 Å². The number of halogens is 1. The van der Waals surface area contributed by atoms with Crippen LogP contribution in [-0.2, 0) is 11.3 Å². The lowest BCUT2D eigenvalue weighted by molar-refractivity contribution is 0.187. The summed E-state index contributed by atoms with van der Waals surface area (Å²) in [6, 6.07) is 7.71. The molecule has 0 saturated heterocycles. The van der Waals surface area contributed by atoms with Gasteiger partial charge in [-0.1, -0.05) is 0 Å². The number of methoxy groups -OCH3 is 1. The molecule has 7 heteroatoms. The monoisotopic (exact) mass is 302 g/mol. The predicted molar refractivity (Wildman–Crippen MR) is 79.7 cm³/mol. The lowest BCUT2D eigenvalue weighted by atomic mass is 10.3. The van der Waals surface area contributed by atoms with Gasteiger partial charge in [0, 0.05) is 7.11 Å². The summed E-state index contributed by atoms with van der Waals surface area (Å²) in [5.74, 6) is 0.00850. The zero-order chi connectivity index (χ0) is 15.7. The summed E-state index contributed by atoms with van der Waals surface area (Å²) in [4.78, 5) is 12.7. The van der Waals surface area contributed by atoms with Gasteiger partial charge in [0.1, 0.15) is 5.82 Å². The van der Waals surface area contributed by atoms with Crippen molar-refractivity contribution in [1.29, 1.82) is 0 Å². The van der Waals surface area contributed by atoms with E-state index in [2.05, 4.69) is 10.2 Å². The van der Waals surface area contributed by atoms with Crippen LogP contribution in [0.25, 0.3) is 16.9 Å². The minimum Gasteiger partial charge on any atom is -0.383 e. The Balaban J connectivity index is 2.27. The molecular weight excluding hydrogens is 287 g/mol. The number of nitrogens with zero attached hydrogens (tertiary/aromatic N) is 4. The van der Waals surface area contributed by atoms with Crippen molar-refractivity contribution >= 4 is 11.0 Å². The molecule has 6 nitrogen and oxygen atoms in total. The predicted octanol–water partition coefficient (Wildman–Crippen LogP) is 1.68. The minimum atomic E-state index is -0.397. The van der Waals surface area contributed by atoms with Gasteiger partial charge in [-0.15, -0.1) is 5.10 Å². The Hall–Kier alpha value is -2.54. The molecule has 3 rings (SSSR count). The SMILES string of the molecule is COCCn1c(=O)n(-c2ccc(C)nn2)c2ccc(F)cc21. The van der Waals surface area contributed by atoms with Crippen LogP contribution in [0.1, 0.15) is 5.69 Å². The lowest BCUT2D eigenvalue weighted by Gasteiger charge is -2.01. The van der Waals surface area contributed by atoms with Crippen molar-refractivity contribution in [2.24, 2.45) is 0 Å². The van der Waals surface area contributed by atoms with Gasteiger partial charge in [-0.05, 0) is 37.3 Å². The van der Waals surface area contributed by atoms with Gasteiger partial charge in [0.25, 0.3) is 0 Å². The summed E-state index contributed by atoms with van der Waals surface area (Å²) in [6.07, 6.45) is 0. The van der Waals surface area contributed by atoms with E-state index in [0.717, 1.165) is 5.69 Å². The Morgan fingerprint density at radius 1 is 1.18 bits per heavy atom. The smallest absolute Gasteiger partial charge is 0.335 e. The molecule has 3 aromatic rings. The molecule has 0 saturated carbocycles. The molecule has 0 unspecified atom stereocenters. The zero-order valence-corrected chi connectivity index (χ0v) is 12.3. The molecule has 0 radical (unpaired) electrons. The molecule has 0 aliphatic rings. The van der Waals surface area contributed by atoms with E-state index in [1.165, 1.54) is 21.3 Å². The molecule has 0 spiro atoms. The zero-order valence-electron chi connectivity index (χ0n) is 12.3. The van der Waals surface area contributed by atoms with E-state index in [0.29, 0.717) is 30.0 Å². The van der Waals surface area contributed by atoms with Crippen LogP contribution >= 0.6 is 0 Å². The average Bonchev–Trinajstić information content (AvgIpc) is 2.77. The first-order chi connectivity index (χ1) is 10.6. The number of fused-ring (bicyclic) bond motifs is 1. The van der Waals surface area contributed by atoms with Crippen molar-refractivity contribution in [3.63, 3.8) is 0 Å². The van der Waals surface area contributed by atoms with E-state index >= 15 is 0 Å². The number of ether oxygens (including phenoxy) is 1. The fourth-order valence-electron chi connectivity index (χ4n) is 2.36. The van der Waals surface area contributed by atoms with E-state index in [4.69, 9.17) is 4.74 Å². The van der Waals surface area contributed by atoms with Crippen molar-refractivity contribution < 1.29 is 9.13 Å². The normalized spacial score (nSPS) is 11.2. The van der Waals surface area contributed by atoms with Crippen molar-refractivity contribution in [3.05, 3.63) is 52.3 Å². The summed E-state index contributed by atoms with van der Waals surface area (Å²) in [5, 5.41) is 8.02. The molecule has 22 heavy (non-hydrogen) atoms. The maximum Gasteiger partial charge on any atom is 0.335 e. The number of benzene rings is 1. The first-order valence-corrected chi connectivity index (χ1v) is 6.82. The summed E-state index contributed by atoms with van der Waals surface area (Å²) >= 11 is 0. The van der Waals surface area contributed by atoms with E-state index in [9.17, 15) is 9.18 Å². The van der Waals surface area contributed by atoms with Crippen LogP contribution in [0.3, 0.4) is 0 Å². The van der Waals surface area contributed by atoms with Crippen LogP contribution in [-0.4, -0.2) is 33.0 Å².